The Morgan fingerprint density at radius 2 is 2.14 bits per heavy atom. The van der Waals surface area contributed by atoms with Crippen LogP contribution >= 0.6 is 11.8 Å². The fourth-order valence-electron chi connectivity index (χ4n) is 2.56. The number of thioether (sulfide) groups is 1. The molecule has 21 heavy (non-hydrogen) atoms. The molecule has 2 atom stereocenters. The van der Waals surface area contributed by atoms with Gasteiger partial charge in [0.2, 0.25) is 0 Å². The first kappa shape index (κ1) is 16.5. The quantitative estimate of drug-likeness (QED) is 0.833. The number of alkyl halides is 3. The maximum Gasteiger partial charge on any atom is 0.573 e. The fourth-order valence-corrected chi connectivity index (χ4v) is 3.97. The molecule has 1 aliphatic heterocycles. The Morgan fingerprint density at radius 1 is 1.38 bits per heavy atom. The zero-order chi connectivity index (χ0) is 15.3. The SMILES string of the molecule is CCCNC(c1ccccc1OC(F)(F)F)C1CCCS1. The van der Waals surface area contributed by atoms with Crippen LogP contribution in [0, 0.1) is 0 Å². The molecule has 1 aromatic carbocycles. The molecule has 2 nitrogen and oxygen atoms in total. The van der Waals surface area contributed by atoms with Crippen LogP contribution in [-0.4, -0.2) is 23.9 Å². The Hall–Kier alpha value is -0.880. The Morgan fingerprint density at radius 3 is 2.76 bits per heavy atom. The van der Waals surface area contributed by atoms with Crippen LogP contribution in [0.15, 0.2) is 24.3 Å². The molecule has 0 saturated carbocycles. The lowest BCUT2D eigenvalue weighted by Gasteiger charge is -2.26. The van der Waals surface area contributed by atoms with Gasteiger partial charge in [-0.1, -0.05) is 25.1 Å². The Labute approximate surface area is 127 Å². The van der Waals surface area contributed by atoms with Crippen LogP contribution in [0.2, 0.25) is 0 Å². The van der Waals surface area contributed by atoms with Gasteiger partial charge in [0.05, 0.1) is 0 Å². The van der Waals surface area contributed by atoms with E-state index in [4.69, 9.17) is 0 Å². The summed E-state index contributed by atoms with van der Waals surface area (Å²) in [5.41, 5.74) is 0.600. The summed E-state index contributed by atoms with van der Waals surface area (Å²) in [6.45, 7) is 2.83. The lowest BCUT2D eigenvalue weighted by atomic mass is 9.99. The molecule has 1 aromatic rings. The van der Waals surface area contributed by atoms with E-state index in [0.717, 1.165) is 31.6 Å². The van der Waals surface area contributed by atoms with E-state index in [2.05, 4.69) is 10.1 Å². The second-order valence-electron chi connectivity index (χ2n) is 5.07. The third-order valence-electron chi connectivity index (χ3n) is 3.43. The van der Waals surface area contributed by atoms with Crippen molar-refractivity contribution in [1.29, 1.82) is 0 Å². The second kappa shape index (κ2) is 7.40. The van der Waals surface area contributed by atoms with E-state index >= 15 is 0 Å². The van der Waals surface area contributed by atoms with Crippen molar-refractivity contribution in [3.63, 3.8) is 0 Å². The predicted molar refractivity (Wildman–Crippen MR) is 79.6 cm³/mol. The topological polar surface area (TPSA) is 21.3 Å². The molecule has 0 aromatic heterocycles. The number of halogens is 3. The summed E-state index contributed by atoms with van der Waals surface area (Å²) in [4.78, 5) is 0. The highest BCUT2D eigenvalue weighted by atomic mass is 32.2. The van der Waals surface area contributed by atoms with Crippen molar-refractivity contribution in [1.82, 2.24) is 5.32 Å². The molecule has 118 valence electrons. The summed E-state index contributed by atoms with van der Waals surface area (Å²) in [6.07, 6.45) is -1.58. The molecular formula is C15H20F3NOS. The molecule has 2 unspecified atom stereocenters. The summed E-state index contributed by atoms with van der Waals surface area (Å²) in [5, 5.41) is 3.69. The van der Waals surface area contributed by atoms with Gasteiger partial charge in [-0.2, -0.15) is 11.8 Å². The number of ether oxygens (including phenoxy) is 1. The summed E-state index contributed by atoms with van der Waals surface area (Å²) >= 11 is 1.82. The van der Waals surface area contributed by atoms with Crippen molar-refractivity contribution in [2.75, 3.05) is 12.3 Å². The summed E-state index contributed by atoms with van der Waals surface area (Å²) in [6, 6.07) is 6.36. The first-order chi connectivity index (χ1) is 10.0. The second-order valence-corrected chi connectivity index (χ2v) is 6.42. The van der Waals surface area contributed by atoms with Crippen LogP contribution < -0.4 is 10.1 Å². The van der Waals surface area contributed by atoms with Gasteiger partial charge < -0.3 is 10.1 Å². The van der Waals surface area contributed by atoms with Crippen molar-refractivity contribution in [3.8, 4) is 5.75 Å². The van der Waals surface area contributed by atoms with Gasteiger partial charge in [-0.3, -0.25) is 0 Å². The molecule has 1 fully saturated rings. The minimum absolute atomic E-state index is 0.0916. The van der Waals surface area contributed by atoms with Gasteiger partial charge in [-0.15, -0.1) is 13.2 Å². The minimum Gasteiger partial charge on any atom is -0.405 e. The highest BCUT2D eigenvalue weighted by Crippen LogP contribution is 2.40. The highest BCUT2D eigenvalue weighted by Gasteiger charge is 2.34. The molecule has 1 aliphatic rings. The van der Waals surface area contributed by atoms with Crippen LogP contribution in [-0.2, 0) is 0 Å². The molecule has 1 heterocycles. The largest absolute Gasteiger partial charge is 0.573 e. The third kappa shape index (κ3) is 4.81. The lowest BCUT2D eigenvalue weighted by Crippen LogP contribution is -2.31. The zero-order valence-corrected chi connectivity index (χ0v) is 12.8. The zero-order valence-electron chi connectivity index (χ0n) is 12.0. The molecule has 0 amide bonds. The van der Waals surface area contributed by atoms with E-state index in [1.54, 1.807) is 18.2 Å². The maximum absolute atomic E-state index is 12.6. The van der Waals surface area contributed by atoms with Crippen molar-refractivity contribution >= 4 is 11.8 Å². The van der Waals surface area contributed by atoms with Gasteiger partial charge in [0.1, 0.15) is 5.75 Å². The molecule has 0 radical (unpaired) electrons. The van der Waals surface area contributed by atoms with Gasteiger partial charge >= 0.3 is 6.36 Å². The number of hydrogen-bond acceptors (Lipinski definition) is 3. The average molecular weight is 319 g/mol. The summed E-state index contributed by atoms with van der Waals surface area (Å²) < 4.78 is 41.9. The number of hydrogen-bond donors (Lipinski definition) is 1. The van der Waals surface area contributed by atoms with Crippen LogP contribution in [0.4, 0.5) is 13.2 Å². The number of rotatable bonds is 6. The molecule has 0 bridgehead atoms. The molecule has 6 heteroatoms. The average Bonchev–Trinajstić information content (AvgIpc) is 2.93. The number of para-hydroxylation sites is 1. The van der Waals surface area contributed by atoms with Gasteiger partial charge in [0.25, 0.3) is 0 Å². The van der Waals surface area contributed by atoms with E-state index in [9.17, 15) is 13.2 Å². The first-order valence-electron chi connectivity index (χ1n) is 7.21. The van der Waals surface area contributed by atoms with E-state index in [-0.39, 0.29) is 11.8 Å². The summed E-state index contributed by atoms with van der Waals surface area (Å²) in [7, 11) is 0. The van der Waals surface area contributed by atoms with Crippen molar-refractivity contribution in [3.05, 3.63) is 29.8 Å². The standard InChI is InChI=1S/C15H20F3NOS/c1-2-9-19-14(13-8-5-10-21-13)11-6-3-4-7-12(11)20-15(16,17)18/h3-4,6-7,13-14,19H,2,5,8-10H2,1H3. The van der Waals surface area contributed by atoms with Crippen LogP contribution in [0.5, 0.6) is 5.75 Å². The van der Waals surface area contributed by atoms with Gasteiger partial charge in [0.15, 0.2) is 0 Å². The predicted octanol–water partition coefficient (Wildman–Crippen LogP) is 4.52. The highest BCUT2D eigenvalue weighted by molar-refractivity contribution is 8.00. The number of nitrogens with one attached hydrogen (secondary N) is 1. The monoisotopic (exact) mass is 319 g/mol. The van der Waals surface area contributed by atoms with Gasteiger partial charge in [-0.25, -0.2) is 0 Å². The molecule has 2 rings (SSSR count). The normalized spacial score (nSPS) is 20.5. The van der Waals surface area contributed by atoms with Crippen molar-refractivity contribution in [2.45, 2.75) is 43.8 Å². The molecule has 0 spiro atoms. The molecular weight excluding hydrogens is 299 g/mol. The van der Waals surface area contributed by atoms with Crippen LogP contribution in [0.25, 0.3) is 0 Å². The fraction of sp³-hybridized carbons (Fsp3) is 0.600. The molecule has 0 aliphatic carbocycles. The minimum atomic E-state index is -4.66. The summed E-state index contributed by atoms with van der Waals surface area (Å²) in [5.74, 6) is 0.975. The van der Waals surface area contributed by atoms with E-state index < -0.39 is 6.36 Å². The van der Waals surface area contributed by atoms with E-state index in [0.29, 0.717) is 10.8 Å². The van der Waals surface area contributed by atoms with Crippen LogP contribution in [0.3, 0.4) is 0 Å². The maximum atomic E-state index is 12.6. The Balaban J connectivity index is 2.25. The van der Waals surface area contributed by atoms with Crippen molar-refractivity contribution in [2.24, 2.45) is 0 Å². The van der Waals surface area contributed by atoms with E-state index in [1.807, 2.05) is 18.7 Å². The van der Waals surface area contributed by atoms with Crippen LogP contribution in [0.1, 0.15) is 37.8 Å². The van der Waals surface area contributed by atoms with Crippen molar-refractivity contribution < 1.29 is 17.9 Å². The smallest absolute Gasteiger partial charge is 0.405 e. The third-order valence-corrected chi connectivity index (χ3v) is 4.89. The Kier molecular flexibility index (Phi) is 5.81. The van der Waals surface area contributed by atoms with Gasteiger partial charge in [0, 0.05) is 16.9 Å². The number of benzene rings is 1. The van der Waals surface area contributed by atoms with Gasteiger partial charge in [-0.05, 0) is 37.6 Å². The lowest BCUT2D eigenvalue weighted by molar-refractivity contribution is -0.275. The Bertz CT molecular complexity index is 447. The molecule has 1 saturated heterocycles. The first-order valence-corrected chi connectivity index (χ1v) is 8.26. The molecule has 1 N–H and O–H groups in total. The van der Waals surface area contributed by atoms with E-state index in [1.165, 1.54) is 6.07 Å².